The van der Waals surface area contributed by atoms with E-state index in [2.05, 4.69) is 0 Å². The molecule has 0 aliphatic heterocycles. The first-order valence-electron chi connectivity index (χ1n) is 5.60. The third kappa shape index (κ3) is 2.23. The van der Waals surface area contributed by atoms with Crippen molar-refractivity contribution in [2.45, 2.75) is 25.8 Å². The molecule has 0 atom stereocenters. The first-order chi connectivity index (χ1) is 8.04. The van der Waals surface area contributed by atoms with E-state index in [1.165, 1.54) is 0 Å². The summed E-state index contributed by atoms with van der Waals surface area (Å²) in [5.74, 6) is -2.12. The van der Waals surface area contributed by atoms with Gasteiger partial charge < -0.3 is 10.6 Å². The van der Waals surface area contributed by atoms with Gasteiger partial charge in [0.05, 0.1) is 11.3 Å². The average molecular weight is 240 g/mol. The monoisotopic (exact) mass is 240 g/mol. The average Bonchev–Trinajstić information content (AvgIpc) is 3.08. The van der Waals surface area contributed by atoms with E-state index in [1.54, 1.807) is 4.90 Å². The van der Waals surface area contributed by atoms with Crippen LogP contribution < -0.4 is 5.73 Å². The second-order valence-corrected chi connectivity index (χ2v) is 4.18. The van der Waals surface area contributed by atoms with Crippen molar-refractivity contribution < 1.29 is 13.6 Å². The molecule has 0 heterocycles. The van der Waals surface area contributed by atoms with Gasteiger partial charge in [0.2, 0.25) is 0 Å². The lowest BCUT2D eigenvalue weighted by Gasteiger charge is -2.20. The van der Waals surface area contributed by atoms with Crippen molar-refractivity contribution in [1.82, 2.24) is 4.90 Å². The number of anilines is 1. The molecule has 1 aliphatic rings. The Labute approximate surface area is 98.2 Å². The molecule has 0 aromatic heterocycles. The highest BCUT2D eigenvalue weighted by atomic mass is 19.1. The molecule has 0 bridgehead atoms. The minimum Gasteiger partial charge on any atom is -0.396 e. The van der Waals surface area contributed by atoms with E-state index in [0.29, 0.717) is 12.6 Å². The molecule has 1 aromatic carbocycles. The first kappa shape index (κ1) is 11.8. The quantitative estimate of drug-likeness (QED) is 0.823. The van der Waals surface area contributed by atoms with Gasteiger partial charge in [-0.25, -0.2) is 8.78 Å². The van der Waals surface area contributed by atoms with Crippen LogP contribution in [0.3, 0.4) is 0 Å². The molecule has 1 amide bonds. The summed E-state index contributed by atoms with van der Waals surface area (Å²) < 4.78 is 26.5. The summed E-state index contributed by atoms with van der Waals surface area (Å²) in [6.45, 7) is 2.35. The van der Waals surface area contributed by atoms with Gasteiger partial charge >= 0.3 is 0 Å². The van der Waals surface area contributed by atoms with Crippen LogP contribution in [0.1, 0.15) is 30.1 Å². The molecule has 1 fully saturated rings. The third-order valence-electron chi connectivity index (χ3n) is 2.91. The number of nitrogens with zero attached hydrogens (tertiary/aromatic N) is 1. The van der Waals surface area contributed by atoms with Gasteiger partial charge in [0.25, 0.3) is 5.91 Å². The molecule has 5 heteroatoms. The summed E-state index contributed by atoms with van der Waals surface area (Å²) in [6, 6.07) is 1.92. The van der Waals surface area contributed by atoms with Gasteiger partial charge in [0.1, 0.15) is 11.6 Å². The highest BCUT2D eigenvalue weighted by molar-refractivity contribution is 5.95. The summed E-state index contributed by atoms with van der Waals surface area (Å²) >= 11 is 0. The summed E-state index contributed by atoms with van der Waals surface area (Å²) in [5, 5.41) is 0. The number of amides is 1. The van der Waals surface area contributed by atoms with Crippen molar-refractivity contribution in [3.63, 3.8) is 0 Å². The van der Waals surface area contributed by atoms with Crippen LogP contribution in [0.2, 0.25) is 0 Å². The van der Waals surface area contributed by atoms with Gasteiger partial charge in [-0.15, -0.1) is 0 Å². The van der Waals surface area contributed by atoms with Crippen molar-refractivity contribution in [1.29, 1.82) is 0 Å². The molecular formula is C12H14F2N2O. The Morgan fingerprint density at radius 1 is 1.41 bits per heavy atom. The lowest BCUT2D eigenvalue weighted by molar-refractivity contribution is 0.0748. The second kappa shape index (κ2) is 4.31. The van der Waals surface area contributed by atoms with Crippen molar-refractivity contribution in [2.75, 3.05) is 12.3 Å². The maximum Gasteiger partial charge on any atom is 0.257 e. The fourth-order valence-corrected chi connectivity index (χ4v) is 1.84. The molecule has 0 radical (unpaired) electrons. The van der Waals surface area contributed by atoms with E-state index in [1.807, 2.05) is 6.92 Å². The highest BCUT2D eigenvalue weighted by Gasteiger charge is 2.33. The van der Waals surface area contributed by atoms with Crippen LogP contribution in [-0.2, 0) is 0 Å². The molecule has 0 unspecified atom stereocenters. The number of carbonyl (C=O) groups excluding carboxylic acids is 1. The molecule has 3 nitrogen and oxygen atoms in total. The van der Waals surface area contributed by atoms with Crippen molar-refractivity contribution >= 4 is 11.6 Å². The lowest BCUT2D eigenvalue weighted by Crippen LogP contribution is -2.33. The number of halogens is 2. The van der Waals surface area contributed by atoms with E-state index in [4.69, 9.17) is 5.73 Å². The maximum atomic E-state index is 13.5. The standard InChI is InChI=1S/C12H14F2N2O/c1-2-16(7-3-4-7)12(17)8-5-11(15)10(14)6-9(8)13/h5-7H,2-4,15H2,1H3. The molecule has 1 saturated carbocycles. The van der Waals surface area contributed by atoms with E-state index >= 15 is 0 Å². The van der Waals surface area contributed by atoms with Crippen LogP contribution in [0, 0.1) is 11.6 Å². The van der Waals surface area contributed by atoms with E-state index in [-0.39, 0.29) is 17.3 Å². The van der Waals surface area contributed by atoms with Gasteiger partial charge in [-0.05, 0) is 25.8 Å². The SMILES string of the molecule is CCN(C(=O)c1cc(N)c(F)cc1F)C1CC1. The Bertz CT molecular complexity index is 458. The summed E-state index contributed by atoms with van der Waals surface area (Å²) in [4.78, 5) is 13.6. The fourth-order valence-electron chi connectivity index (χ4n) is 1.84. The molecule has 1 aliphatic carbocycles. The van der Waals surface area contributed by atoms with Crippen molar-refractivity contribution in [3.8, 4) is 0 Å². The van der Waals surface area contributed by atoms with Gasteiger partial charge in [-0.2, -0.15) is 0 Å². The minimum atomic E-state index is -0.860. The van der Waals surface area contributed by atoms with Gasteiger partial charge in [0.15, 0.2) is 0 Å². The van der Waals surface area contributed by atoms with Crippen LogP contribution in [0.5, 0.6) is 0 Å². The molecule has 0 spiro atoms. The summed E-state index contributed by atoms with van der Waals surface area (Å²) in [6.07, 6.45) is 1.88. The Hall–Kier alpha value is -1.65. The Morgan fingerprint density at radius 2 is 2.06 bits per heavy atom. The smallest absolute Gasteiger partial charge is 0.257 e. The zero-order valence-corrected chi connectivity index (χ0v) is 9.54. The van der Waals surface area contributed by atoms with E-state index < -0.39 is 17.5 Å². The molecule has 17 heavy (non-hydrogen) atoms. The zero-order valence-electron chi connectivity index (χ0n) is 9.54. The van der Waals surface area contributed by atoms with Gasteiger partial charge in [-0.3, -0.25) is 4.79 Å². The molecule has 0 saturated heterocycles. The maximum absolute atomic E-state index is 13.5. The number of hydrogen-bond acceptors (Lipinski definition) is 2. The minimum absolute atomic E-state index is 0.155. The molecule has 1 aromatic rings. The molecule has 92 valence electrons. The number of benzene rings is 1. The Balaban J connectivity index is 2.32. The largest absolute Gasteiger partial charge is 0.396 e. The zero-order chi connectivity index (χ0) is 12.6. The van der Waals surface area contributed by atoms with Gasteiger partial charge in [-0.1, -0.05) is 0 Å². The normalized spacial score (nSPS) is 14.8. The predicted molar refractivity (Wildman–Crippen MR) is 60.5 cm³/mol. The molecule has 2 rings (SSSR count). The fraction of sp³-hybridized carbons (Fsp3) is 0.417. The highest BCUT2D eigenvalue weighted by Crippen LogP contribution is 2.29. The number of nitrogens with two attached hydrogens (primary N) is 1. The first-order valence-corrected chi connectivity index (χ1v) is 5.60. The lowest BCUT2D eigenvalue weighted by atomic mass is 10.1. The van der Waals surface area contributed by atoms with Crippen LogP contribution >= 0.6 is 0 Å². The summed E-state index contributed by atoms with van der Waals surface area (Å²) in [7, 11) is 0. The summed E-state index contributed by atoms with van der Waals surface area (Å²) in [5.41, 5.74) is 4.99. The van der Waals surface area contributed by atoms with Crippen LogP contribution in [0.4, 0.5) is 14.5 Å². The Morgan fingerprint density at radius 3 is 2.59 bits per heavy atom. The van der Waals surface area contributed by atoms with Crippen LogP contribution in [0.25, 0.3) is 0 Å². The van der Waals surface area contributed by atoms with Crippen molar-refractivity contribution in [3.05, 3.63) is 29.3 Å². The van der Waals surface area contributed by atoms with Crippen LogP contribution in [-0.4, -0.2) is 23.4 Å². The molecule has 2 N–H and O–H groups in total. The number of carbonyl (C=O) groups is 1. The third-order valence-corrected chi connectivity index (χ3v) is 2.91. The number of rotatable bonds is 3. The Kier molecular flexibility index (Phi) is 3.00. The number of hydrogen-bond donors (Lipinski definition) is 1. The predicted octanol–water partition coefficient (Wildman–Crippen LogP) is 2.17. The topological polar surface area (TPSA) is 46.3 Å². The molecular weight excluding hydrogens is 226 g/mol. The van der Waals surface area contributed by atoms with E-state index in [9.17, 15) is 13.6 Å². The van der Waals surface area contributed by atoms with E-state index in [0.717, 1.165) is 18.9 Å². The van der Waals surface area contributed by atoms with Crippen LogP contribution in [0.15, 0.2) is 12.1 Å². The second-order valence-electron chi connectivity index (χ2n) is 4.18. The van der Waals surface area contributed by atoms with Gasteiger partial charge in [0, 0.05) is 18.7 Å². The van der Waals surface area contributed by atoms with Crippen molar-refractivity contribution in [2.24, 2.45) is 0 Å². The number of nitrogen functional groups attached to an aromatic ring is 1.